The molecule has 0 bridgehead atoms. The van der Waals surface area contributed by atoms with Crippen molar-refractivity contribution in [3.8, 4) is 0 Å². The zero-order valence-electron chi connectivity index (χ0n) is 11.9. The van der Waals surface area contributed by atoms with Crippen molar-refractivity contribution in [3.05, 3.63) is 48.0 Å². The van der Waals surface area contributed by atoms with Gasteiger partial charge in [0.1, 0.15) is 0 Å². The average Bonchev–Trinajstić information content (AvgIpc) is 2.95. The Hall–Kier alpha value is -2.43. The largest absolute Gasteiger partial charge is 0.335 e. The number of benzene rings is 1. The monoisotopic (exact) mass is 283 g/mol. The molecule has 5 heteroatoms. The molecule has 1 atom stereocenters. The molecule has 1 amide bonds. The van der Waals surface area contributed by atoms with Crippen LogP contribution in [0, 0.1) is 5.92 Å². The number of rotatable bonds is 3. The van der Waals surface area contributed by atoms with Gasteiger partial charge < -0.3 is 9.88 Å². The highest BCUT2D eigenvalue weighted by molar-refractivity contribution is 5.96. The molecule has 0 fully saturated rings. The molecule has 0 radical (unpaired) electrons. The Morgan fingerprint density at radius 2 is 2.05 bits per heavy atom. The van der Waals surface area contributed by atoms with E-state index in [0.29, 0.717) is 5.56 Å². The number of carbonyl (C=O) groups is 2. The van der Waals surface area contributed by atoms with E-state index in [1.54, 1.807) is 24.3 Å². The molecule has 1 unspecified atom stereocenters. The van der Waals surface area contributed by atoms with Gasteiger partial charge in [-0.1, -0.05) is 0 Å². The number of carbonyl (C=O) groups excluding carboxylic acids is 2. The molecule has 1 aromatic heterocycles. The van der Waals surface area contributed by atoms with E-state index in [-0.39, 0.29) is 17.6 Å². The fourth-order valence-electron chi connectivity index (χ4n) is 2.63. The Morgan fingerprint density at radius 3 is 2.76 bits per heavy atom. The number of aryl methyl sites for hydroxylation is 1. The van der Waals surface area contributed by atoms with Gasteiger partial charge >= 0.3 is 0 Å². The van der Waals surface area contributed by atoms with Crippen LogP contribution in [0.25, 0.3) is 0 Å². The topological polar surface area (TPSA) is 64.0 Å². The molecule has 5 nitrogen and oxygen atoms in total. The molecule has 2 heterocycles. The first kappa shape index (κ1) is 13.5. The SMILES string of the molecule is CC(=O)c1ccc(NC(=O)C2CCn3cncc3C2)cc1. The second-order valence-corrected chi connectivity index (χ2v) is 5.39. The van der Waals surface area contributed by atoms with Crippen LogP contribution in [-0.4, -0.2) is 21.2 Å². The van der Waals surface area contributed by atoms with E-state index < -0.39 is 0 Å². The van der Waals surface area contributed by atoms with Gasteiger partial charge in [-0.05, 0) is 37.6 Å². The molecule has 0 spiro atoms. The molecular formula is C16H17N3O2. The first-order valence-electron chi connectivity index (χ1n) is 7.04. The third-order valence-corrected chi connectivity index (χ3v) is 3.90. The Kier molecular flexibility index (Phi) is 3.56. The number of hydrogen-bond donors (Lipinski definition) is 1. The van der Waals surface area contributed by atoms with Crippen LogP contribution >= 0.6 is 0 Å². The van der Waals surface area contributed by atoms with Crippen molar-refractivity contribution < 1.29 is 9.59 Å². The van der Waals surface area contributed by atoms with E-state index in [1.165, 1.54) is 6.92 Å². The molecule has 1 aliphatic rings. The minimum atomic E-state index is -0.0262. The summed E-state index contributed by atoms with van der Waals surface area (Å²) < 4.78 is 2.09. The number of imidazole rings is 1. The molecule has 0 saturated heterocycles. The van der Waals surface area contributed by atoms with Crippen LogP contribution in [-0.2, 0) is 17.8 Å². The van der Waals surface area contributed by atoms with Gasteiger partial charge in [-0.15, -0.1) is 0 Å². The number of nitrogens with one attached hydrogen (secondary N) is 1. The van der Waals surface area contributed by atoms with Crippen LogP contribution in [0.2, 0.25) is 0 Å². The molecule has 21 heavy (non-hydrogen) atoms. The second-order valence-electron chi connectivity index (χ2n) is 5.39. The summed E-state index contributed by atoms with van der Waals surface area (Å²) in [6.45, 7) is 2.36. The third-order valence-electron chi connectivity index (χ3n) is 3.90. The number of aromatic nitrogens is 2. The van der Waals surface area contributed by atoms with E-state index in [2.05, 4.69) is 14.9 Å². The molecule has 1 aromatic carbocycles. The maximum atomic E-state index is 12.3. The van der Waals surface area contributed by atoms with Crippen LogP contribution in [0.1, 0.15) is 29.4 Å². The van der Waals surface area contributed by atoms with E-state index >= 15 is 0 Å². The van der Waals surface area contributed by atoms with Crippen molar-refractivity contribution >= 4 is 17.4 Å². The summed E-state index contributed by atoms with van der Waals surface area (Å²) in [7, 11) is 0. The predicted molar refractivity (Wildman–Crippen MR) is 79.1 cm³/mol. The summed E-state index contributed by atoms with van der Waals surface area (Å²) in [6, 6.07) is 6.99. The molecular weight excluding hydrogens is 266 g/mol. The summed E-state index contributed by atoms with van der Waals surface area (Å²) in [4.78, 5) is 27.6. The number of Topliss-reactive ketones (excluding diaryl/α,β-unsaturated/α-hetero) is 1. The van der Waals surface area contributed by atoms with Crippen LogP contribution in [0.4, 0.5) is 5.69 Å². The molecule has 108 valence electrons. The minimum Gasteiger partial charge on any atom is -0.335 e. The first-order chi connectivity index (χ1) is 10.1. The molecule has 2 aromatic rings. The molecule has 0 aliphatic carbocycles. The van der Waals surface area contributed by atoms with Crippen LogP contribution in [0.5, 0.6) is 0 Å². The van der Waals surface area contributed by atoms with Crippen molar-refractivity contribution in [3.63, 3.8) is 0 Å². The van der Waals surface area contributed by atoms with Crippen molar-refractivity contribution in [2.24, 2.45) is 5.92 Å². The normalized spacial score (nSPS) is 17.1. The first-order valence-corrected chi connectivity index (χ1v) is 7.04. The molecule has 1 aliphatic heterocycles. The maximum Gasteiger partial charge on any atom is 0.227 e. The maximum absolute atomic E-state index is 12.3. The second kappa shape index (κ2) is 5.52. The summed E-state index contributed by atoms with van der Waals surface area (Å²) in [5, 5.41) is 2.92. The number of anilines is 1. The van der Waals surface area contributed by atoms with Gasteiger partial charge in [-0.2, -0.15) is 0 Å². The van der Waals surface area contributed by atoms with E-state index in [1.807, 2.05) is 12.5 Å². The average molecular weight is 283 g/mol. The number of hydrogen-bond acceptors (Lipinski definition) is 3. The van der Waals surface area contributed by atoms with Gasteiger partial charge in [0, 0.05) is 42.0 Å². The van der Waals surface area contributed by atoms with Crippen LogP contribution < -0.4 is 5.32 Å². The summed E-state index contributed by atoms with van der Waals surface area (Å²) >= 11 is 0. The highest BCUT2D eigenvalue weighted by Crippen LogP contribution is 2.21. The van der Waals surface area contributed by atoms with Crippen molar-refractivity contribution in [2.75, 3.05) is 5.32 Å². The van der Waals surface area contributed by atoms with Gasteiger partial charge in [0.05, 0.1) is 6.33 Å². The van der Waals surface area contributed by atoms with Gasteiger partial charge in [0.25, 0.3) is 0 Å². The van der Waals surface area contributed by atoms with Crippen molar-refractivity contribution in [2.45, 2.75) is 26.3 Å². The fourth-order valence-corrected chi connectivity index (χ4v) is 2.63. The molecule has 3 rings (SSSR count). The van der Waals surface area contributed by atoms with E-state index in [0.717, 1.165) is 30.8 Å². The van der Waals surface area contributed by atoms with Crippen LogP contribution in [0.15, 0.2) is 36.8 Å². The lowest BCUT2D eigenvalue weighted by Gasteiger charge is -2.23. The lowest BCUT2D eigenvalue weighted by Crippen LogP contribution is -2.29. The number of ketones is 1. The lowest BCUT2D eigenvalue weighted by molar-refractivity contribution is -0.120. The smallest absolute Gasteiger partial charge is 0.227 e. The Labute approximate surface area is 123 Å². The summed E-state index contributed by atoms with van der Waals surface area (Å²) in [5.41, 5.74) is 2.48. The number of nitrogens with zero attached hydrogens (tertiary/aromatic N) is 2. The molecule has 1 N–H and O–H groups in total. The minimum absolute atomic E-state index is 0.0217. The molecule has 0 saturated carbocycles. The number of fused-ring (bicyclic) bond motifs is 1. The highest BCUT2D eigenvalue weighted by Gasteiger charge is 2.24. The van der Waals surface area contributed by atoms with E-state index in [9.17, 15) is 9.59 Å². The Morgan fingerprint density at radius 1 is 1.29 bits per heavy atom. The number of amides is 1. The van der Waals surface area contributed by atoms with Gasteiger partial charge in [0.15, 0.2) is 5.78 Å². The highest BCUT2D eigenvalue weighted by atomic mass is 16.2. The van der Waals surface area contributed by atoms with Crippen molar-refractivity contribution in [1.29, 1.82) is 0 Å². The van der Waals surface area contributed by atoms with Gasteiger partial charge in [0.2, 0.25) is 5.91 Å². The zero-order valence-corrected chi connectivity index (χ0v) is 11.9. The fraction of sp³-hybridized carbons (Fsp3) is 0.312. The van der Waals surface area contributed by atoms with E-state index in [4.69, 9.17) is 0 Å². The summed E-state index contributed by atoms with van der Waals surface area (Å²) in [5.74, 6) is 0.0214. The summed E-state index contributed by atoms with van der Waals surface area (Å²) in [6.07, 6.45) is 5.17. The predicted octanol–water partition coefficient (Wildman–Crippen LogP) is 2.29. The lowest BCUT2D eigenvalue weighted by atomic mass is 9.95. The van der Waals surface area contributed by atoms with Crippen molar-refractivity contribution in [1.82, 2.24) is 9.55 Å². The standard InChI is InChI=1S/C16H17N3O2/c1-11(20)12-2-4-14(5-3-12)18-16(21)13-6-7-19-10-17-9-15(19)8-13/h2-5,9-10,13H,6-8H2,1H3,(H,18,21). The van der Waals surface area contributed by atoms with Gasteiger partial charge in [-0.25, -0.2) is 4.98 Å². The zero-order chi connectivity index (χ0) is 14.8. The Balaban J connectivity index is 1.65. The third kappa shape index (κ3) is 2.86. The van der Waals surface area contributed by atoms with Gasteiger partial charge in [-0.3, -0.25) is 9.59 Å². The quantitative estimate of drug-likeness (QED) is 0.879. The van der Waals surface area contributed by atoms with Crippen LogP contribution in [0.3, 0.4) is 0 Å². The Bertz CT molecular complexity index is 673.